The number of anilines is 2. The van der Waals surface area contributed by atoms with E-state index in [1.54, 1.807) is 36.4 Å². The molecule has 1 fully saturated rings. The van der Waals surface area contributed by atoms with Gasteiger partial charge in [0.1, 0.15) is 23.2 Å². The summed E-state index contributed by atoms with van der Waals surface area (Å²) in [7, 11) is -1.44. The van der Waals surface area contributed by atoms with Crippen molar-refractivity contribution in [2.24, 2.45) is 0 Å². The Morgan fingerprint density at radius 3 is 2.58 bits per heavy atom. The molecule has 0 spiro atoms. The van der Waals surface area contributed by atoms with Crippen LogP contribution >= 0.6 is 0 Å². The lowest BCUT2D eigenvalue weighted by Gasteiger charge is -2.34. The van der Waals surface area contributed by atoms with Crippen molar-refractivity contribution in [3.63, 3.8) is 0 Å². The molecule has 0 saturated carbocycles. The van der Waals surface area contributed by atoms with Crippen LogP contribution in [0.2, 0.25) is 0 Å². The van der Waals surface area contributed by atoms with Gasteiger partial charge in [-0.1, -0.05) is 45.0 Å². The standard InChI is InChI=1S/C35H41N7O5S/c1-34(2,3)24-17-25(19-26(18-24)40-48(5,45)46)36-33(44)37-35(22-43)15-14-30(28-10-6-7-11-29(28)35)47-27-12-13-31-38-39-32(42(31)21-27)23-9-8-16-41(4)20-23/h6-7,10-15,17-19,21-23,30,40H,8-9,16,20H2,1-5H3,(H2,36,37,44)/t23-,30-,35-/m1/s1. The Hall–Kier alpha value is -4.75. The zero-order valence-electron chi connectivity index (χ0n) is 27.7. The van der Waals surface area contributed by atoms with Gasteiger partial charge in [-0.05, 0) is 85.5 Å². The minimum absolute atomic E-state index is 0.271. The van der Waals surface area contributed by atoms with Crippen LogP contribution in [0.4, 0.5) is 16.2 Å². The Kier molecular flexibility index (Phi) is 8.77. The zero-order chi connectivity index (χ0) is 34.3. The monoisotopic (exact) mass is 671 g/mol. The first-order chi connectivity index (χ1) is 22.7. The van der Waals surface area contributed by atoms with Crippen molar-refractivity contribution in [3.05, 3.63) is 95.5 Å². The van der Waals surface area contributed by atoms with E-state index in [1.165, 1.54) is 6.07 Å². The van der Waals surface area contributed by atoms with Gasteiger partial charge in [0.25, 0.3) is 0 Å². The fourth-order valence-electron chi connectivity index (χ4n) is 6.42. The highest BCUT2D eigenvalue weighted by atomic mass is 32.2. The Balaban J connectivity index is 1.25. The number of nitrogens with one attached hydrogen (secondary N) is 3. The first-order valence-electron chi connectivity index (χ1n) is 15.9. The highest BCUT2D eigenvalue weighted by molar-refractivity contribution is 7.92. The number of nitrogens with zero attached hydrogens (tertiary/aromatic N) is 4. The number of benzene rings is 2. The SMILES string of the molecule is CN1CCC[C@@H](c2nnc3ccc(O[C@@H]4C=C[C@](C=O)(NC(=O)Nc5cc(NS(C)(=O)=O)cc(C(C)(C)C)c5)c5ccccc54)cn23)C1. The number of piperidine rings is 1. The fourth-order valence-corrected chi connectivity index (χ4v) is 6.96. The van der Waals surface area contributed by atoms with Crippen LogP contribution in [-0.2, 0) is 25.8 Å². The topological polar surface area (TPSA) is 147 Å². The molecule has 0 bridgehead atoms. The van der Waals surface area contributed by atoms with Crippen molar-refractivity contribution in [3.8, 4) is 5.75 Å². The van der Waals surface area contributed by atoms with Crippen molar-refractivity contribution in [1.82, 2.24) is 24.8 Å². The number of carbonyl (C=O) groups is 2. The number of fused-ring (bicyclic) bond motifs is 2. The van der Waals surface area contributed by atoms with Crippen LogP contribution in [0.25, 0.3) is 5.65 Å². The molecular formula is C35H41N7O5S. The van der Waals surface area contributed by atoms with Gasteiger partial charge in [-0.3, -0.25) is 13.9 Å². The second-order valence-electron chi connectivity index (χ2n) is 13.7. The maximum absolute atomic E-state index is 13.5. The number of pyridine rings is 1. The van der Waals surface area contributed by atoms with Crippen LogP contribution in [0, 0.1) is 0 Å². The number of aldehydes is 1. The van der Waals surface area contributed by atoms with Crippen LogP contribution in [0.5, 0.6) is 5.75 Å². The van der Waals surface area contributed by atoms with Gasteiger partial charge in [0.15, 0.2) is 11.9 Å². The van der Waals surface area contributed by atoms with Crippen LogP contribution in [0.1, 0.15) is 68.1 Å². The molecule has 2 amide bonds. The Labute approximate surface area is 280 Å². The number of sulfonamides is 1. The Morgan fingerprint density at radius 1 is 1.08 bits per heavy atom. The molecule has 12 nitrogen and oxygen atoms in total. The molecule has 48 heavy (non-hydrogen) atoms. The van der Waals surface area contributed by atoms with E-state index in [-0.39, 0.29) is 11.3 Å². The van der Waals surface area contributed by atoms with Crippen molar-refractivity contribution in [1.29, 1.82) is 0 Å². The van der Waals surface area contributed by atoms with Crippen LogP contribution < -0.4 is 20.1 Å². The van der Waals surface area contributed by atoms with Gasteiger partial charge in [0.2, 0.25) is 10.0 Å². The molecule has 252 valence electrons. The van der Waals surface area contributed by atoms with Crippen LogP contribution in [0.3, 0.4) is 0 Å². The number of amides is 2. The first kappa shape index (κ1) is 33.2. The third-order valence-corrected chi connectivity index (χ3v) is 9.37. The van der Waals surface area contributed by atoms with E-state index in [1.807, 2.05) is 55.6 Å². The van der Waals surface area contributed by atoms with E-state index < -0.39 is 27.7 Å². The average Bonchev–Trinajstić information content (AvgIpc) is 3.44. The van der Waals surface area contributed by atoms with Crippen molar-refractivity contribution < 1.29 is 22.7 Å². The van der Waals surface area contributed by atoms with E-state index in [2.05, 4.69) is 37.5 Å². The molecule has 2 aliphatic rings. The number of hydrogen-bond donors (Lipinski definition) is 3. The molecule has 2 aromatic carbocycles. The summed E-state index contributed by atoms with van der Waals surface area (Å²) >= 11 is 0. The summed E-state index contributed by atoms with van der Waals surface area (Å²) in [6.45, 7) is 7.94. The van der Waals surface area contributed by atoms with Gasteiger partial charge in [0.05, 0.1) is 18.1 Å². The maximum atomic E-state index is 13.5. The molecule has 1 aliphatic heterocycles. The van der Waals surface area contributed by atoms with E-state index in [0.29, 0.717) is 29.0 Å². The molecular weight excluding hydrogens is 630 g/mol. The quantitative estimate of drug-likeness (QED) is 0.173. The van der Waals surface area contributed by atoms with Gasteiger partial charge in [-0.2, -0.15) is 0 Å². The predicted molar refractivity (Wildman–Crippen MR) is 185 cm³/mol. The van der Waals surface area contributed by atoms with E-state index >= 15 is 0 Å². The number of ether oxygens (including phenoxy) is 1. The van der Waals surface area contributed by atoms with E-state index in [9.17, 15) is 18.0 Å². The predicted octanol–water partition coefficient (Wildman–Crippen LogP) is 5.11. The van der Waals surface area contributed by atoms with Gasteiger partial charge in [-0.15, -0.1) is 10.2 Å². The smallest absolute Gasteiger partial charge is 0.320 e. The minimum atomic E-state index is -3.55. The second-order valence-corrected chi connectivity index (χ2v) is 15.5. The molecule has 2 aromatic heterocycles. The molecule has 3 N–H and O–H groups in total. The summed E-state index contributed by atoms with van der Waals surface area (Å²) in [6.07, 6.45) is 8.67. The molecule has 3 atom stereocenters. The number of aromatic nitrogens is 3. The van der Waals surface area contributed by atoms with Gasteiger partial charge < -0.3 is 20.3 Å². The Bertz CT molecular complexity index is 2000. The molecule has 6 rings (SSSR count). The molecule has 4 aromatic rings. The highest BCUT2D eigenvalue weighted by Gasteiger charge is 2.38. The molecule has 1 aliphatic carbocycles. The molecule has 13 heteroatoms. The molecule has 3 heterocycles. The van der Waals surface area contributed by atoms with Crippen LogP contribution in [-0.4, -0.2) is 66.6 Å². The summed E-state index contributed by atoms with van der Waals surface area (Å²) in [5.74, 6) is 1.79. The van der Waals surface area contributed by atoms with Crippen molar-refractivity contribution >= 4 is 39.4 Å². The summed E-state index contributed by atoms with van der Waals surface area (Å²) in [5.41, 5.74) is 1.71. The number of urea groups is 1. The minimum Gasteiger partial charge on any atom is -0.480 e. The third kappa shape index (κ3) is 7.07. The zero-order valence-corrected chi connectivity index (χ0v) is 28.5. The van der Waals surface area contributed by atoms with Gasteiger partial charge >= 0.3 is 6.03 Å². The lowest BCUT2D eigenvalue weighted by Crippen LogP contribution is -2.49. The fraction of sp³-hybridized carbons (Fsp3) is 0.371. The first-order valence-corrected chi connectivity index (χ1v) is 17.8. The lowest BCUT2D eigenvalue weighted by atomic mass is 9.81. The number of rotatable bonds is 8. The number of likely N-dealkylation sites (tertiary alicyclic amines) is 1. The summed E-state index contributed by atoms with van der Waals surface area (Å²) in [6, 6.07) is 15.5. The van der Waals surface area contributed by atoms with Gasteiger partial charge in [0, 0.05) is 23.7 Å². The normalized spacial score (nSPS) is 21.4. The van der Waals surface area contributed by atoms with Crippen molar-refractivity contribution in [2.45, 2.75) is 56.6 Å². The summed E-state index contributed by atoms with van der Waals surface area (Å²) in [4.78, 5) is 28.6. The maximum Gasteiger partial charge on any atom is 0.320 e. The Morgan fingerprint density at radius 2 is 1.85 bits per heavy atom. The molecule has 0 radical (unpaired) electrons. The summed E-state index contributed by atoms with van der Waals surface area (Å²) in [5, 5.41) is 14.5. The largest absolute Gasteiger partial charge is 0.480 e. The van der Waals surface area contributed by atoms with E-state index in [0.717, 1.165) is 54.8 Å². The second kappa shape index (κ2) is 12.7. The number of carbonyl (C=O) groups excluding carboxylic acids is 2. The lowest BCUT2D eigenvalue weighted by molar-refractivity contribution is -0.111. The molecule has 0 unspecified atom stereocenters. The highest BCUT2D eigenvalue weighted by Crippen LogP contribution is 2.38. The van der Waals surface area contributed by atoms with E-state index in [4.69, 9.17) is 4.74 Å². The number of likely N-dealkylation sites (N-methyl/N-ethyl adjacent to an activating group) is 1. The average molecular weight is 672 g/mol. The van der Waals surface area contributed by atoms with Crippen LogP contribution in [0.15, 0.2) is 72.9 Å². The molecule has 1 saturated heterocycles. The third-order valence-electron chi connectivity index (χ3n) is 8.77. The van der Waals surface area contributed by atoms with Crippen molar-refractivity contribution in [2.75, 3.05) is 36.4 Å². The summed E-state index contributed by atoms with van der Waals surface area (Å²) < 4.78 is 34.9. The number of hydrogen-bond acceptors (Lipinski definition) is 8. The van der Waals surface area contributed by atoms with Gasteiger partial charge in [-0.25, -0.2) is 13.2 Å².